The monoisotopic (exact) mass is 225 g/mol. The molecule has 0 saturated heterocycles. The highest BCUT2D eigenvalue weighted by Crippen LogP contribution is 2.11. The third kappa shape index (κ3) is 4.02. The second-order valence-electron chi connectivity index (χ2n) is 3.41. The quantitative estimate of drug-likeness (QED) is 0.735. The van der Waals surface area contributed by atoms with E-state index in [0.29, 0.717) is 24.9 Å². The maximum Gasteiger partial charge on any atom is 0.226 e. The Bertz CT molecular complexity index is 307. The summed E-state index contributed by atoms with van der Waals surface area (Å²) < 4.78 is 5.28. The molecular weight excluding hydrogens is 206 g/mol. The van der Waals surface area contributed by atoms with Crippen LogP contribution in [0.2, 0.25) is 0 Å². The Morgan fingerprint density at radius 1 is 1.50 bits per heavy atom. The van der Waals surface area contributed by atoms with Crippen molar-refractivity contribution in [3.63, 3.8) is 0 Å². The summed E-state index contributed by atoms with van der Waals surface area (Å²) in [5, 5.41) is 12.0. The molecule has 16 heavy (non-hydrogen) atoms. The van der Waals surface area contributed by atoms with Crippen molar-refractivity contribution in [3.8, 4) is 5.88 Å². The zero-order valence-electron chi connectivity index (χ0n) is 9.81. The smallest absolute Gasteiger partial charge is 0.226 e. The van der Waals surface area contributed by atoms with Crippen LogP contribution in [0.5, 0.6) is 5.88 Å². The summed E-state index contributed by atoms with van der Waals surface area (Å²) in [7, 11) is 0. The third-order valence-electron chi connectivity index (χ3n) is 2.23. The maximum atomic E-state index is 8.88. The second-order valence-corrected chi connectivity index (χ2v) is 3.41. The number of hydrogen-bond donors (Lipinski definition) is 2. The fourth-order valence-corrected chi connectivity index (χ4v) is 1.36. The van der Waals surface area contributed by atoms with E-state index in [0.717, 1.165) is 6.42 Å². The van der Waals surface area contributed by atoms with Crippen LogP contribution in [-0.4, -0.2) is 34.3 Å². The highest BCUT2D eigenvalue weighted by atomic mass is 16.5. The lowest BCUT2D eigenvalue weighted by Crippen LogP contribution is -2.21. The van der Waals surface area contributed by atoms with Crippen molar-refractivity contribution in [2.24, 2.45) is 0 Å². The number of ether oxygens (including phenoxy) is 1. The summed E-state index contributed by atoms with van der Waals surface area (Å²) in [4.78, 5) is 8.31. The topological polar surface area (TPSA) is 67.3 Å². The number of aliphatic hydroxyl groups excluding tert-OH is 1. The zero-order valence-corrected chi connectivity index (χ0v) is 9.81. The van der Waals surface area contributed by atoms with Gasteiger partial charge in [-0.2, -0.15) is 4.98 Å². The Labute approximate surface area is 95.9 Å². The molecule has 0 aromatic carbocycles. The number of anilines is 1. The van der Waals surface area contributed by atoms with Crippen molar-refractivity contribution in [2.75, 3.05) is 18.5 Å². The van der Waals surface area contributed by atoms with Crippen LogP contribution in [0.1, 0.15) is 26.7 Å². The number of nitrogens with one attached hydrogen (secondary N) is 1. The summed E-state index contributed by atoms with van der Waals surface area (Å²) in [5.41, 5.74) is 0. The van der Waals surface area contributed by atoms with Gasteiger partial charge < -0.3 is 15.2 Å². The van der Waals surface area contributed by atoms with E-state index in [-0.39, 0.29) is 12.6 Å². The molecule has 1 aromatic heterocycles. The first-order valence-electron chi connectivity index (χ1n) is 5.63. The molecule has 0 fully saturated rings. The second kappa shape index (κ2) is 7.00. The van der Waals surface area contributed by atoms with E-state index in [2.05, 4.69) is 22.2 Å². The van der Waals surface area contributed by atoms with Crippen molar-refractivity contribution in [2.45, 2.75) is 32.7 Å². The lowest BCUT2D eigenvalue weighted by atomic mass is 10.2. The molecule has 0 aliphatic rings. The SMILES string of the molecule is CCOc1ccnc(NC(CC)CCO)n1. The van der Waals surface area contributed by atoms with E-state index < -0.39 is 0 Å². The van der Waals surface area contributed by atoms with E-state index in [1.165, 1.54) is 0 Å². The minimum Gasteiger partial charge on any atom is -0.478 e. The van der Waals surface area contributed by atoms with Crippen LogP contribution in [0.3, 0.4) is 0 Å². The van der Waals surface area contributed by atoms with Crippen LogP contribution in [0, 0.1) is 0 Å². The lowest BCUT2D eigenvalue weighted by molar-refractivity contribution is 0.278. The summed E-state index contributed by atoms with van der Waals surface area (Å²) in [6, 6.07) is 1.92. The minimum atomic E-state index is 0.163. The first-order chi connectivity index (χ1) is 7.80. The fourth-order valence-electron chi connectivity index (χ4n) is 1.36. The first-order valence-corrected chi connectivity index (χ1v) is 5.63. The van der Waals surface area contributed by atoms with Gasteiger partial charge >= 0.3 is 0 Å². The number of nitrogens with zero attached hydrogens (tertiary/aromatic N) is 2. The van der Waals surface area contributed by atoms with Crippen LogP contribution in [-0.2, 0) is 0 Å². The van der Waals surface area contributed by atoms with Crippen LogP contribution >= 0.6 is 0 Å². The molecule has 1 rings (SSSR count). The van der Waals surface area contributed by atoms with Gasteiger partial charge in [0.15, 0.2) is 0 Å². The molecular formula is C11H19N3O2. The normalized spacial score (nSPS) is 12.2. The van der Waals surface area contributed by atoms with E-state index in [9.17, 15) is 0 Å². The number of aliphatic hydroxyl groups is 1. The van der Waals surface area contributed by atoms with Crippen LogP contribution in [0.4, 0.5) is 5.95 Å². The summed E-state index contributed by atoms with van der Waals surface area (Å²) in [6.45, 7) is 4.72. The Kier molecular flexibility index (Phi) is 5.56. The van der Waals surface area contributed by atoms with Gasteiger partial charge in [0.1, 0.15) is 0 Å². The van der Waals surface area contributed by atoms with Crippen molar-refractivity contribution in [3.05, 3.63) is 12.3 Å². The van der Waals surface area contributed by atoms with Gasteiger partial charge in [-0.15, -0.1) is 0 Å². The largest absolute Gasteiger partial charge is 0.478 e. The van der Waals surface area contributed by atoms with E-state index in [4.69, 9.17) is 9.84 Å². The Hall–Kier alpha value is -1.36. The molecule has 90 valence electrons. The van der Waals surface area contributed by atoms with Crippen LogP contribution in [0.15, 0.2) is 12.3 Å². The molecule has 1 atom stereocenters. The molecule has 0 saturated carbocycles. The van der Waals surface area contributed by atoms with Gasteiger partial charge in [-0.1, -0.05) is 6.92 Å². The molecule has 1 unspecified atom stereocenters. The fraction of sp³-hybridized carbons (Fsp3) is 0.636. The average molecular weight is 225 g/mol. The standard InChI is InChI=1S/C11H19N3O2/c1-3-9(6-8-15)13-11-12-7-5-10(14-11)16-4-2/h5,7,9,15H,3-4,6,8H2,1-2H3,(H,12,13,14). The zero-order chi connectivity index (χ0) is 11.8. The summed E-state index contributed by atoms with van der Waals surface area (Å²) in [6.07, 6.45) is 3.27. The van der Waals surface area contributed by atoms with Crippen LogP contribution < -0.4 is 10.1 Å². The van der Waals surface area contributed by atoms with Crippen molar-refractivity contribution in [1.29, 1.82) is 0 Å². The third-order valence-corrected chi connectivity index (χ3v) is 2.23. The molecule has 2 N–H and O–H groups in total. The highest BCUT2D eigenvalue weighted by molar-refractivity contribution is 5.28. The lowest BCUT2D eigenvalue weighted by Gasteiger charge is -2.15. The molecule has 0 spiro atoms. The first kappa shape index (κ1) is 12.7. The van der Waals surface area contributed by atoms with Crippen molar-refractivity contribution < 1.29 is 9.84 Å². The summed E-state index contributed by atoms with van der Waals surface area (Å²) >= 11 is 0. The molecule has 0 aliphatic heterocycles. The molecule has 0 radical (unpaired) electrons. The van der Waals surface area contributed by atoms with Crippen LogP contribution in [0.25, 0.3) is 0 Å². The Morgan fingerprint density at radius 2 is 2.31 bits per heavy atom. The van der Waals surface area contributed by atoms with Crippen molar-refractivity contribution >= 4 is 5.95 Å². The van der Waals surface area contributed by atoms with Gasteiger partial charge in [0.25, 0.3) is 0 Å². The molecule has 0 amide bonds. The molecule has 1 heterocycles. The van der Waals surface area contributed by atoms with E-state index in [1.54, 1.807) is 12.3 Å². The van der Waals surface area contributed by atoms with Gasteiger partial charge in [0.2, 0.25) is 11.8 Å². The van der Waals surface area contributed by atoms with Gasteiger partial charge in [0, 0.05) is 24.9 Å². The maximum absolute atomic E-state index is 8.88. The molecule has 5 heteroatoms. The summed E-state index contributed by atoms with van der Waals surface area (Å²) in [5.74, 6) is 1.12. The van der Waals surface area contributed by atoms with Gasteiger partial charge in [-0.3, -0.25) is 0 Å². The van der Waals surface area contributed by atoms with Gasteiger partial charge in [0.05, 0.1) is 6.61 Å². The number of hydrogen-bond acceptors (Lipinski definition) is 5. The van der Waals surface area contributed by atoms with E-state index in [1.807, 2.05) is 6.92 Å². The predicted octanol–water partition coefficient (Wildman–Crippen LogP) is 1.45. The highest BCUT2D eigenvalue weighted by Gasteiger charge is 2.07. The number of aromatic nitrogens is 2. The Morgan fingerprint density at radius 3 is 2.94 bits per heavy atom. The molecule has 0 bridgehead atoms. The minimum absolute atomic E-state index is 0.163. The van der Waals surface area contributed by atoms with E-state index >= 15 is 0 Å². The molecule has 1 aromatic rings. The number of rotatable bonds is 7. The Balaban J connectivity index is 2.60. The molecule has 0 aliphatic carbocycles. The average Bonchev–Trinajstić information content (AvgIpc) is 2.29. The molecule has 5 nitrogen and oxygen atoms in total. The van der Waals surface area contributed by atoms with Gasteiger partial charge in [-0.25, -0.2) is 4.98 Å². The van der Waals surface area contributed by atoms with Gasteiger partial charge in [-0.05, 0) is 19.8 Å². The predicted molar refractivity (Wildman–Crippen MR) is 62.6 cm³/mol. The van der Waals surface area contributed by atoms with Crippen molar-refractivity contribution in [1.82, 2.24) is 9.97 Å².